The Bertz CT molecular complexity index is 1180. The molecule has 6 nitrogen and oxygen atoms in total. The summed E-state index contributed by atoms with van der Waals surface area (Å²) < 4.78 is 13.3. The molecule has 0 saturated heterocycles. The summed E-state index contributed by atoms with van der Waals surface area (Å²) in [6, 6.07) is 13.3. The predicted molar refractivity (Wildman–Crippen MR) is 136 cm³/mol. The van der Waals surface area contributed by atoms with Gasteiger partial charge < -0.3 is 15.6 Å². The number of carbonyl (C=O) groups excluding carboxylic acids is 2. The average Bonchev–Trinajstić information content (AvgIpc) is 3.33. The number of halogens is 1. The van der Waals surface area contributed by atoms with Gasteiger partial charge in [-0.05, 0) is 74.1 Å². The zero-order valence-electron chi connectivity index (χ0n) is 20.0. The lowest BCUT2D eigenvalue weighted by molar-refractivity contribution is -0.122. The molecular formula is C28H33FN4O2. The molecule has 5 rings (SSSR count). The molecule has 0 radical (unpaired) electrons. The largest absolute Gasteiger partial charge is 0.349 e. The van der Waals surface area contributed by atoms with E-state index in [1.165, 1.54) is 19.3 Å². The molecule has 1 heterocycles. The summed E-state index contributed by atoms with van der Waals surface area (Å²) in [6.45, 7) is -0.437. The van der Waals surface area contributed by atoms with Crippen LogP contribution < -0.4 is 10.6 Å². The van der Waals surface area contributed by atoms with Gasteiger partial charge in [-0.15, -0.1) is 0 Å². The second-order valence-electron chi connectivity index (χ2n) is 10.00. The summed E-state index contributed by atoms with van der Waals surface area (Å²) in [5, 5.41) is 6.11. The van der Waals surface area contributed by atoms with Gasteiger partial charge in [0.15, 0.2) is 0 Å². The van der Waals surface area contributed by atoms with Crippen LogP contribution in [-0.2, 0) is 4.79 Å². The lowest BCUT2D eigenvalue weighted by Crippen LogP contribution is -2.36. The molecule has 2 aromatic carbocycles. The molecule has 184 valence electrons. The standard InChI is InChI=1S/C28H33FN4O2/c29-17-20-6-4-5-9-23(20)28(35)31-22-13-10-18(11-14-22)26-32-24-15-12-19(16-25(24)33-26)27(34)30-21-7-2-1-3-8-21/h10-16,20-21,23H,1-9,17H2,(H,30,34)(H,31,35)(H,32,33). The Morgan fingerprint density at radius 3 is 2.46 bits per heavy atom. The highest BCUT2D eigenvalue weighted by molar-refractivity contribution is 5.98. The molecule has 2 atom stereocenters. The van der Waals surface area contributed by atoms with Crippen molar-refractivity contribution in [1.29, 1.82) is 0 Å². The van der Waals surface area contributed by atoms with Gasteiger partial charge >= 0.3 is 0 Å². The van der Waals surface area contributed by atoms with Crippen LogP contribution in [0.25, 0.3) is 22.4 Å². The second kappa shape index (κ2) is 10.6. The van der Waals surface area contributed by atoms with Crippen molar-refractivity contribution >= 4 is 28.5 Å². The maximum absolute atomic E-state index is 13.3. The van der Waals surface area contributed by atoms with Crippen molar-refractivity contribution in [2.24, 2.45) is 11.8 Å². The molecule has 0 bridgehead atoms. The summed E-state index contributed by atoms with van der Waals surface area (Å²) in [5.74, 6) is 0.133. The van der Waals surface area contributed by atoms with Gasteiger partial charge in [-0.1, -0.05) is 32.1 Å². The first-order valence-corrected chi connectivity index (χ1v) is 12.9. The van der Waals surface area contributed by atoms with E-state index >= 15 is 0 Å². The molecule has 35 heavy (non-hydrogen) atoms. The molecule has 1 aromatic heterocycles. The number of carbonyl (C=O) groups is 2. The number of imidazole rings is 1. The zero-order chi connectivity index (χ0) is 24.2. The number of benzene rings is 2. The summed E-state index contributed by atoms with van der Waals surface area (Å²) in [6.07, 6.45) is 9.20. The smallest absolute Gasteiger partial charge is 0.251 e. The van der Waals surface area contributed by atoms with Gasteiger partial charge in [0.25, 0.3) is 5.91 Å². The Hall–Kier alpha value is -3.22. The number of nitrogens with one attached hydrogen (secondary N) is 3. The minimum atomic E-state index is -0.437. The fraction of sp³-hybridized carbons (Fsp3) is 0.464. The van der Waals surface area contributed by atoms with Crippen molar-refractivity contribution in [3.05, 3.63) is 48.0 Å². The fourth-order valence-electron chi connectivity index (χ4n) is 5.48. The first-order chi connectivity index (χ1) is 17.1. The molecule has 2 amide bonds. The normalized spacial score (nSPS) is 21.1. The molecule has 2 unspecified atom stereocenters. The highest BCUT2D eigenvalue weighted by atomic mass is 19.1. The van der Waals surface area contributed by atoms with Crippen LogP contribution in [0.1, 0.15) is 68.1 Å². The van der Waals surface area contributed by atoms with Gasteiger partial charge in [-0.25, -0.2) is 4.98 Å². The summed E-state index contributed by atoms with van der Waals surface area (Å²) in [4.78, 5) is 33.4. The van der Waals surface area contributed by atoms with E-state index in [4.69, 9.17) is 4.98 Å². The Morgan fingerprint density at radius 2 is 1.69 bits per heavy atom. The Balaban J connectivity index is 1.26. The molecular weight excluding hydrogens is 443 g/mol. The molecule has 2 aliphatic rings. The molecule has 3 N–H and O–H groups in total. The third kappa shape index (κ3) is 5.39. The number of fused-ring (bicyclic) bond motifs is 1. The van der Waals surface area contributed by atoms with Gasteiger partial charge in [0.1, 0.15) is 5.82 Å². The lowest BCUT2D eigenvalue weighted by atomic mass is 9.79. The number of H-pyrrole nitrogens is 1. The van der Waals surface area contributed by atoms with Crippen LogP contribution in [0.3, 0.4) is 0 Å². The van der Waals surface area contributed by atoms with E-state index in [0.717, 1.165) is 55.1 Å². The number of alkyl halides is 1. The van der Waals surface area contributed by atoms with Gasteiger partial charge in [0, 0.05) is 28.8 Å². The summed E-state index contributed by atoms with van der Waals surface area (Å²) in [5.41, 5.74) is 3.80. The molecule has 0 aliphatic heterocycles. The first-order valence-electron chi connectivity index (χ1n) is 12.9. The number of hydrogen-bond donors (Lipinski definition) is 3. The van der Waals surface area contributed by atoms with Crippen molar-refractivity contribution in [2.75, 3.05) is 12.0 Å². The van der Waals surface area contributed by atoms with E-state index < -0.39 is 6.67 Å². The van der Waals surface area contributed by atoms with Crippen LogP contribution in [0.5, 0.6) is 0 Å². The van der Waals surface area contributed by atoms with E-state index in [9.17, 15) is 14.0 Å². The number of rotatable bonds is 6. The summed E-state index contributed by atoms with van der Waals surface area (Å²) >= 11 is 0. The van der Waals surface area contributed by atoms with Crippen LogP contribution >= 0.6 is 0 Å². The predicted octanol–water partition coefficient (Wildman–Crippen LogP) is 6.01. The number of aromatic amines is 1. The van der Waals surface area contributed by atoms with Gasteiger partial charge in [-0.2, -0.15) is 0 Å². The van der Waals surface area contributed by atoms with Crippen molar-refractivity contribution in [2.45, 2.75) is 63.8 Å². The molecule has 0 spiro atoms. The number of aromatic nitrogens is 2. The van der Waals surface area contributed by atoms with Crippen LogP contribution in [-0.4, -0.2) is 34.5 Å². The number of amides is 2. The SMILES string of the molecule is O=C(NC1CCCCC1)c1ccc2[nH]c(-c3ccc(NC(=O)C4CCCCC4CF)cc3)nc2c1. The van der Waals surface area contributed by atoms with Gasteiger partial charge in [-0.3, -0.25) is 14.0 Å². The Morgan fingerprint density at radius 1 is 0.943 bits per heavy atom. The highest BCUT2D eigenvalue weighted by Crippen LogP contribution is 2.32. The quantitative estimate of drug-likeness (QED) is 0.407. The van der Waals surface area contributed by atoms with Crippen LogP contribution in [0.4, 0.5) is 10.1 Å². The zero-order valence-corrected chi connectivity index (χ0v) is 20.0. The van der Waals surface area contributed by atoms with E-state index in [-0.39, 0.29) is 29.7 Å². The third-order valence-corrected chi connectivity index (χ3v) is 7.56. The maximum atomic E-state index is 13.3. The van der Waals surface area contributed by atoms with Gasteiger partial charge in [0.05, 0.1) is 17.7 Å². The second-order valence-corrected chi connectivity index (χ2v) is 10.00. The molecule has 2 saturated carbocycles. The van der Waals surface area contributed by atoms with Crippen molar-refractivity contribution in [1.82, 2.24) is 15.3 Å². The number of hydrogen-bond acceptors (Lipinski definition) is 3. The first kappa shape index (κ1) is 23.5. The molecule has 7 heteroatoms. The molecule has 3 aromatic rings. The number of nitrogens with zero attached hydrogens (tertiary/aromatic N) is 1. The van der Waals surface area contributed by atoms with Crippen molar-refractivity contribution < 1.29 is 14.0 Å². The fourth-order valence-corrected chi connectivity index (χ4v) is 5.48. The minimum absolute atomic E-state index is 0.0450. The average molecular weight is 477 g/mol. The van der Waals surface area contributed by atoms with E-state index in [1.807, 2.05) is 42.5 Å². The van der Waals surface area contributed by atoms with Crippen LogP contribution in [0, 0.1) is 11.8 Å². The Labute approximate surface area is 205 Å². The maximum Gasteiger partial charge on any atom is 0.251 e. The monoisotopic (exact) mass is 476 g/mol. The summed E-state index contributed by atoms with van der Waals surface area (Å²) in [7, 11) is 0. The molecule has 2 fully saturated rings. The number of anilines is 1. The van der Waals surface area contributed by atoms with Crippen LogP contribution in [0.2, 0.25) is 0 Å². The Kier molecular flexibility index (Phi) is 7.11. The van der Waals surface area contributed by atoms with E-state index in [2.05, 4.69) is 15.6 Å². The van der Waals surface area contributed by atoms with E-state index in [0.29, 0.717) is 17.1 Å². The van der Waals surface area contributed by atoms with Gasteiger partial charge in [0.2, 0.25) is 5.91 Å². The topological polar surface area (TPSA) is 86.9 Å². The van der Waals surface area contributed by atoms with Crippen LogP contribution in [0.15, 0.2) is 42.5 Å². The van der Waals surface area contributed by atoms with Crippen molar-refractivity contribution in [3.63, 3.8) is 0 Å². The highest BCUT2D eigenvalue weighted by Gasteiger charge is 2.30. The third-order valence-electron chi connectivity index (χ3n) is 7.56. The van der Waals surface area contributed by atoms with E-state index in [1.54, 1.807) is 0 Å². The minimum Gasteiger partial charge on any atom is -0.349 e. The van der Waals surface area contributed by atoms with Crippen molar-refractivity contribution in [3.8, 4) is 11.4 Å². The molecule has 2 aliphatic carbocycles. The lowest BCUT2D eigenvalue weighted by Gasteiger charge is -2.28.